The van der Waals surface area contributed by atoms with Gasteiger partial charge in [-0.1, -0.05) is 9.63 Å². The molecule has 0 saturated carbocycles. The van der Waals surface area contributed by atoms with E-state index in [-0.39, 0.29) is 9.36 Å². The van der Waals surface area contributed by atoms with E-state index in [0.29, 0.717) is 28.7 Å². The van der Waals surface area contributed by atoms with Crippen LogP contribution < -0.4 is 10.5 Å². The molecule has 0 aliphatic rings. The van der Waals surface area contributed by atoms with Gasteiger partial charge in [0.1, 0.15) is 29.1 Å². The number of nitrogens with two attached hydrogens (primary N) is 1. The van der Waals surface area contributed by atoms with E-state index in [9.17, 15) is 22.8 Å². The van der Waals surface area contributed by atoms with Crippen molar-refractivity contribution in [2.24, 2.45) is 5.73 Å². The van der Waals surface area contributed by atoms with Crippen molar-refractivity contribution in [3.05, 3.63) is 71.9 Å². The summed E-state index contributed by atoms with van der Waals surface area (Å²) in [5.74, 6) is 0.125. The molecule has 182 valence electrons. The summed E-state index contributed by atoms with van der Waals surface area (Å²) in [7, 11) is -4.50. The van der Waals surface area contributed by atoms with Crippen LogP contribution in [0.15, 0.2) is 64.0 Å². The second kappa shape index (κ2) is 10.1. The molecule has 0 bridgehead atoms. The van der Waals surface area contributed by atoms with Crippen LogP contribution in [0.2, 0.25) is 0 Å². The third-order valence-electron chi connectivity index (χ3n) is 4.83. The Balaban J connectivity index is 1.78. The van der Waals surface area contributed by atoms with E-state index in [4.69, 9.17) is 15.0 Å². The quantitative estimate of drug-likeness (QED) is 0.393. The maximum Gasteiger partial charge on any atom is 0.265 e. The van der Waals surface area contributed by atoms with E-state index in [0.717, 1.165) is 0 Å². The lowest BCUT2D eigenvalue weighted by molar-refractivity contribution is -0.132. The third-order valence-corrected chi connectivity index (χ3v) is 7.81. The topological polar surface area (TPSA) is 136 Å². The van der Waals surface area contributed by atoms with Crippen LogP contribution in [-0.4, -0.2) is 39.9 Å². The molecule has 2 aromatic carbocycles. The molecule has 3 rings (SSSR count). The van der Waals surface area contributed by atoms with Crippen molar-refractivity contribution >= 4 is 27.7 Å². The molecule has 0 spiro atoms. The number of benzene rings is 2. The smallest absolute Gasteiger partial charge is 0.265 e. The van der Waals surface area contributed by atoms with Crippen LogP contribution >= 0.6 is 11.8 Å². The van der Waals surface area contributed by atoms with Gasteiger partial charge < -0.3 is 15.0 Å². The Morgan fingerprint density at radius 1 is 1.21 bits per heavy atom. The third kappa shape index (κ3) is 5.95. The molecule has 0 radical (unpaired) electrons. The number of amides is 1. The van der Waals surface area contributed by atoms with Crippen molar-refractivity contribution in [1.29, 1.82) is 0 Å². The summed E-state index contributed by atoms with van der Waals surface area (Å²) in [6, 6.07) is 10.6. The van der Waals surface area contributed by atoms with Crippen molar-refractivity contribution in [1.82, 2.24) is 9.63 Å². The van der Waals surface area contributed by atoms with Gasteiger partial charge in [0, 0.05) is 16.6 Å². The monoisotopic (exact) mass is 509 g/mol. The number of aryl methyl sites for hydroxylation is 1. The minimum absolute atomic E-state index is 0.00772. The number of carbonyl (C=O) groups is 1. The summed E-state index contributed by atoms with van der Waals surface area (Å²) in [6.45, 7) is 4.92. The van der Waals surface area contributed by atoms with Crippen LogP contribution in [0.5, 0.6) is 11.5 Å². The first-order chi connectivity index (χ1) is 15.9. The average Bonchev–Trinajstić information content (AvgIpc) is 3.19. The lowest BCUT2D eigenvalue weighted by Crippen LogP contribution is -2.55. The summed E-state index contributed by atoms with van der Waals surface area (Å²) in [5.41, 5.74) is 6.09. The molecule has 3 N–H and O–H groups in total. The molecule has 3 aromatic rings. The molecule has 0 aliphatic carbocycles. The number of primary amides is 1. The SMILES string of the molecule is Cc1cc(CSC(C)(C)[C@H](C(N)=O)N(O)S(=O)(=O)c2ccc(Oc3ccc(F)cc3)cc2)no1. The number of hydroxylamine groups is 1. The molecule has 9 nitrogen and oxygen atoms in total. The number of rotatable bonds is 10. The highest BCUT2D eigenvalue weighted by molar-refractivity contribution is 8.00. The number of nitrogens with zero attached hydrogens (tertiary/aromatic N) is 2. The number of aromatic nitrogens is 1. The van der Waals surface area contributed by atoms with E-state index in [2.05, 4.69) is 5.16 Å². The number of hydrogen-bond acceptors (Lipinski definition) is 8. The Morgan fingerprint density at radius 3 is 2.26 bits per heavy atom. The van der Waals surface area contributed by atoms with Crippen LogP contribution in [0.3, 0.4) is 0 Å². The van der Waals surface area contributed by atoms with Gasteiger partial charge in [-0.15, -0.1) is 11.8 Å². The summed E-state index contributed by atoms with van der Waals surface area (Å²) >= 11 is 1.19. The van der Waals surface area contributed by atoms with Crippen molar-refractivity contribution in [2.75, 3.05) is 0 Å². The Kier molecular flexibility index (Phi) is 7.66. The largest absolute Gasteiger partial charge is 0.457 e. The lowest BCUT2D eigenvalue weighted by Gasteiger charge is -2.35. The molecule has 1 heterocycles. The van der Waals surface area contributed by atoms with Gasteiger partial charge in [0.15, 0.2) is 0 Å². The Bertz CT molecular complexity index is 1240. The van der Waals surface area contributed by atoms with Gasteiger partial charge in [-0.25, -0.2) is 12.8 Å². The number of ether oxygens (including phenoxy) is 1. The molecule has 34 heavy (non-hydrogen) atoms. The highest BCUT2D eigenvalue weighted by atomic mass is 32.2. The molecular weight excluding hydrogens is 485 g/mol. The van der Waals surface area contributed by atoms with Gasteiger partial charge >= 0.3 is 0 Å². The Labute approximate surface area is 200 Å². The second-order valence-electron chi connectivity index (χ2n) is 7.93. The van der Waals surface area contributed by atoms with Crippen LogP contribution in [0.1, 0.15) is 25.3 Å². The number of thioether (sulfide) groups is 1. The Morgan fingerprint density at radius 2 is 1.76 bits per heavy atom. The molecule has 1 aromatic heterocycles. The summed E-state index contributed by atoms with van der Waals surface area (Å²) < 4.78 is 48.6. The Hall–Kier alpha value is -2.93. The maximum absolute atomic E-state index is 13.1. The minimum Gasteiger partial charge on any atom is -0.457 e. The molecule has 0 saturated heterocycles. The van der Waals surface area contributed by atoms with E-state index >= 15 is 0 Å². The highest BCUT2D eigenvalue weighted by Crippen LogP contribution is 2.35. The molecular formula is C22H24FN3O6S2. The van der Waals surface area contributed by atoms with E-state index in [1.165, 1.54) is 60.3 Å². The zero-order valence-corrected chi connectivity index (χ0v) is 20.3. The fraction of sp³-hybridized carbons (Fsp3) is 0.273. The molecule has 0 aliphatic heterocycles. The lowest BCUT2D eigenvalue weighted by atomic mass is 10.0. The fourth-order valence-corrected chi connectivity index (χ4v) is 5.54. The number of sulfonamides is 1. The van der Waals surface area contributed by atoms with Gasteiger partial charge in [-0.2, -0.15) is 0 Å². The second-order valence-corrected chi connectivity index (χ2v) is 11.4. The van der Waals surface area contributed by atoms with Crippen LogP contribution in [0, 0.1) is 12.7 Å². The van der Waals surface area contributed by atoms with Gasteiger partial charge in [-0.3, -0.25) is 10.0 Å². The molecule has 0 fully saturated rings. The van der Waals surface area contributed by atoms with Crippen molar-refractivity contribution in [3.8, 4) is 11.5 Å². The van der Waals surface area contributed by atoms with Crippen molar-refractivity contribution in [3.63, 3.8) is 0 Å². The van der Waals surface area contributed by atoms with E-state index in [1.807, 2.05) is 0 Å². The molecule has 12 heteroatoms. The van der Waals surface area contributed by atoms with Crippen LogP contribution in [0.4, 0.5) is 4.39 Å². The summed E-state index contributed by atoms with van der Waals surface area (Å²) in [4.78, 5) is 11.9. The van der Waals surface area contributed by atoms with Crippen LogP contribution in [0.25, 0.3) is 0 Å². The summed E-state index contributed by atoms with van der Waals surface area (Å²) in [6.07, 6.45) is 0. The highest BCUT2D eigenvalue weighted by Gasteiger charge is 2.44. The first-order valence-electron chi connectivity index (χ1n) is 10.0. The van der Waals surface area contributed by atoms with E-state index < -0.39 is 32.5 Å². The van der Waals surface area contributed by atoms with Gasteiger partial charge in [0.05, 0.1) is 10.6 Å². The minimum atomic E-state index is -4.50. The maximum atomic E-state index is 13.1. The van der Waals surface area contributed by atoms with E-state index in [1.54, 1.807) is 26.8 Å². The number of hydrogen-bond donors (Lipinski definition) is 2. The predicted molar refractivity (Wildman–Crippen MR) is 123 cm³/mol. The zero-order chi connectivity index (χ0) is 25.1. The standard InChI is InChI=1S/C22H24FN3O6S2/c1-14-12-16(25-32-14)13-33-22(2,3)20(21(24)27)26(28)34(29,30)19-10-8-18(9-11-19)31-17-6-4-15(23)5-7-17/h4-12,20,28H,13H2,1-3H3,(H2,24,27)/t20-/m0/s1. The van der Waals surface area contributed by atoms with Gasteiger partial charge in [0.25, 0.3) is 10.0 Å². The van der Waals surface area contributed by atoms with Gasteiger partial charge in [0.2, 0.25) is 5.91 Å². The zero-order valence-electron chi connectivity index (χ0n) is 18.6. The first-order valence-corrected chi connectivity index (χ1v) is 12.4. The number of carbonyl (C=O) groups excluding carboxylic acids is 1. The average molecular weight is 510 g/mol. The van der Waals surface area contributed by atoms with Crippen LogP contribution in [-0.2, 0) is 20.6 Å². The van der Waals surface area contributed by atoms with Crippen molar-refractivity contribution < 1.29 is 32.1 Å². The molecule has 1 amide bonds. The summed E-state index contributed by atoms with van der Waals surface area (Å²) in [5, 5.41) is 14.5. The van der Waals surface area contributed by atoms with Gasteiger partial charge in [-0.05, 0) is 69.3 Å². The first kappa shape index (κ1) is 25.7. The predicted octanol–water partition coefficient (Wildman–Crippen LogP) is 3.86. The molecule has 1 atom stereocenters. The molecule has 0 unspecified atom stereocenters. The fourth-order valence-electron chi connectivity index (χ4n) is 3.11. The number of halogens is 1. The van der Waals surface area contributed by atoms with Crippen molar-refractivity contribution in [2.45, 2.75) is 42.2 Å². The normalized spacial score (nSPS) is 13.1.